The second-order valence-electron chi connectivity index (χ2n) is 4.07. The minimum absolute atomic E-state index is 0.0949. The van der Waals surface area contributed by atoms with Gasteiger partial charge in [0.25, 0.3) is 5.56 Å². The van der Waals surface area contributed by atoms with E-state index < -0.39 is 0 Å². The smallest absolute Gasteiger partial charge is 0.252 e. The highest BCUT2D eigenvalue weighted by Gasteiger charge is 1.98. The molecule has 0 aromatic carbocycles. The lowest BCUT2D eigenvalue weighted by Crippen LogP contribution is -2.14. The van der Waals surface area contributed by atoms with Crippen molar-refractivity contribution in [2.24, 2.45) is 5.73 Å². The van der Waals surface area contributed by atoms with Crippen LogP contribution in [0.3, 0.4) is 0 Å². The van der Waals surface area contributed by atoms with Crippen LogP contribution in [-0.4, -0.2) is 23.1 Å². The largest absolute Gasteiger partial charge is 0.356 e. The topological polar surface area (TPSA) is 83.8 Å². The third-order valence-electron chi connectivity index (χ3n) is 2.58. The van der Waals surface area contributed by atoms with Crippen molar-refractivity contribution in [2.75, 3.05) is 18.4 Å². The van der Waals surface area contributed by atoms with Gasteiger partial charge >= 0.3 is 0 Å². The Kier molecular flexibility index (Phi) is 6.32. The average molecular weight is 238 g/mol. The Hall–Kier alpha value is -1.36. The number of H-pyrrole nitrogens is 1. The molecular weight excluding hydrogens is 216 g/mol. The van der Waals surface area contributed by atoms with Gasteiger partial charge in [-0.2, -0.15) is 0 Å². The summed E-state index contributed by atoms with van der Waals surface area (Å²) in [6.07, 6.45) is 5.24. The van der Waals surface area contributed by atoms with E-state index in [2.05, 4.69) is 15.3 Å². The molecule has 1 heterocycles. The van der Waals surface area contributed by atoms with E-state index in [1.807, 2.05) is 6.92 Å². The third-order valence-corrected chi connectivity index (χ3v) is 2.58. The molecule has 4 N–H and O–H groups in total. The molecule has 1 aromatic heterocycles. The first-order valence-corrected chi connectivity index (χ1v) is 6.30. The fourth-order valence-electron chi connectivity index (χ4n) is 1.60. The van der Waals surface area contributed by atoms with Crippen molar-refractivity contribution in [1.29, 1.82) is 0 Å². The summed E-state index contributed by atoms with van der Waals surface area (Å²) >= 11 is 0. The molecule has 0 aliphatic carbocycles. The number of aryl methyl sites for hydroxylation is 1. The summed E-state index contributed by atoms with van der Waals surface area (Å²) in [6.45, 7) is 3.58. The lowest BCUT2D eigenvalue weighted by atomic mass is 10.2. The molecule has 5 nitrogen and oxygen atoms in total. The van der Waals surface area contributed by atoms with Gasteiger partial charge in [0.1, 0.15) is 0 Å². The molecule has 1 aromatic rings. The third kappa shape index (κ3) is 5.49. The Morgan fingerprint density at radius 1 is 1.35 bits per heavy atom. The van der Waals surface area contributed by atoms with Crippen molar-refractivity contribution in [3.8, 4) is 0 Å². The van der Waals surface area contributed by atoms with Crippen molar-refractivity contribution in [1.82, 2.24) is 9.97 Å². The molecule has 1 rings (SSSR count). The highest BCUT2D eigenvalue weighted by molar-refractivity contribution is 5.24. The van der Waals surface area contributed by atoms with Crippen molar-refractivity contribution in [2.45, 2.75) is 39.0 Å². The number of hydrogen-bond donors (Lipinski definition) is 3. The molecule has 5 heteroatoms. The summed E-state index contributed by atoms with van der Waals surface area (Å²) in [5, 5.41) is 3.14. The van der Waals surface area contributed by atoms with Crippen molar-refractivity contribution >= 4 is 5.95 Å². The van der Waals surface area contributed by atoms with Gasteiger partial charge in [0.2, 0.25) is 5.95 Å². The Morgan fingerprint density at radius 3 is 2.82 bits per heavy atom. The SMILES string of the molecule is CCc1cc(=O)[nH]c(NCCCCCCN)n1. The number of hydrogen-bond acceptors (Lipinski definition) is 4. The van der Waals surface area contributed by atoms with Crippen LogP contribution in [0.5, 0.6) is 0 Å². The van der Waals surface area contributed by atoms with E-state index in [0.29, 0.717) is 5.95 Å². The van der Waals surface area contributed by atoms with Gasteiger partial charge in [-0.3, -0.25) is 9.78 Å². The molecular formula is C12H22N4O. The Balaban J connectivity index is 2.31. The molecule has 96 valence electrons. The maximum Gasteiger partial charge on any atom is 0.252 e. The molecule has 17 heavy (non-hydrogen) atoms. The van der Waals surface area contributed by atoms with Gasteiger partial charge in [-0.25, -0.2) is 4.98 Å². The minimum Gasteiger partial charge on any atom is -0.356 e. The van der Waals surface area contributed by atoms with E-state index in [-0.39, 0.29) is 5.56 Å². The zero-order valence-electron chi connectivity index (χ0n) is 10.5. The van der Waals surface area contributed by atoms with Gasteiger partial charge < -0.3 is 11.1 Å². The van der Waals surface area contributed by atoms with Crippen LogP contribution in [-0.2, 0) is 6.42 Å². The number of rotatable bonds is 8. The predicted molar refractivity (Wildman–Crippen MR) is 70.2 cm³/mol. The Labute approximate surface area is 102 Å². The van der Waals surface area contributed by atoms with E-state index in [9.17, 15) is 4.79 Å². The minimum atomic E-state index is -0.0949. The normalized spacial score (nSPS) is 10.5. The van der Waals surface area contributed by atoms with E-state index in [1.165, 1.54) is 6.07 Å². The van der Waals surface area contributed by atoms with Crippen LogP contribution < -0.4 is 16.6 Å². The lowest BCUT2D eigenvalue weighted by molar-refractivity contribution is 0.660. The van der Waals surface area contributed by atoms with Gasteiger partial charge in [0, 0.05) is 18.3 Å². The fraction of sp³-hybridized carbons (Fsp3) is 0.667. The van der Waals surface area contributed by atoms with Crippen LogP contribution in [0.15, 0.2) is 10.9 Å². The molecule has 0 atom stereocenters. The van der Waals surface area contributed by atoms with Crippen molar-refractivity contribution in [3.05, 3.63) is 22.1 Å². The molecule has 0 unspecified atom stereocenters. The predicted octanol–water partition coefficient (Wildman–Crippen LogP) is 1.26. The molecule has 0 saturated heterocycles. The Morgan fingerprint density at radius 2 is 2.12 bits per heavy atom. The highest BCUT2D eigenvalue weighted by atomic mass is 16.1. The number of nitrogens with two attached hydrogens (primary N) is 1. The standard InChI is InChI=1S/C12H22N4O/c1-2-10-9-11(17)16-12(15-10)14-8-6-4-3-5-7-13/h9H,2-8,13H2,1H3,(H2,14,15,16,17). The molecule has 0 amide bonds. The molecule has 0 aliphatic heterocycles. The molecule has 0 radical (unpaired) electrons. The number of unbranched alkanes of at least 4 members (excludes halogenated alkanes) is 3. The van der Waals surface area contributed by atoms with Crippen LogP contribution in [0.2, 0.25) is 0 Å². The average Bonchev–Trinajstić information content (AvgIpc) is 2.33. The number of aromatic amines is 1. The first-order valence-electron chi connectivity index (χ1n) is 6.30. The summed E-state index contributed by atoms with van der Waals surface area (Å²) in [6, 6.07) is 1.53. The maximum absolute atomic E-state index is 11.3. The summed E-state index contributed by atoms with van der Waals surface area (Å²) < 4.78 is 0. The van der Waals surface area contributed by atoms with Crippen LogP contribution in [0.1, 0.15) is 38.3 Å². The zero-order valence-corrected chi connectivity index (χ0v) is 10.5. The fourth-order valence-corrected chi connectivity index (χ4v) is 1.60. The van der Waals surface area contributed by atoms with Crippen LogP contribution in [0.4, 0.5) is 5.95 Å². The lowest BCUT2D eigenvalue weighted by Gasteiger charge is -2.06. The molecule has 0 spiro atoms. The van der Waals surface area contributed by atoms with Gasteiger partial charge in [0.15, 0.2) is 0 Å². The second kappa shape index (κ2) is 7.84. The number of aromatic nitrogens is 2. The monoisotopic (exact) mass is 238 g/mol. The Bertz CT molecular complexity index is 375. The van der Waals surface area contributed by atoms with Gasteiger partial charge in [-0.15, -0.1) is 0 Å². The van der Waals surface area contributed by atoms with E-state index >= 15 is 0 Å². The quantitative estimate of drug-likeness (QED) is 0.595. The van der Waals surface area contributed by atoms with E-state index in [4.69, 9.17) is 5.73 Å². The van der Waals surface area contributed by atoms with Gasteiger partial charge in [-0.05, 0) is 25.8 Å². The summed E-state index contributed by atoms with van der Waals surface area (Å²) in [4.78, 5) is 18.3. The molecule has 0 bridgehead atoms. The van der Waals surface area contributed by atoms with E-state index in [0.717, 1.165) is 50.9 Å². The number of nitrogens with zero attached hydrogens (tertiary/aromatic N) is 1. The van der Waals surface area contributed by atoms with E-state index in [1.54, 1.807) is 0 Å². The second-order valence-corrected chi connectivity index (χ2v) is 4.07. The summed E-state index contributed by atoms with van der Waals surface area (Å²) in [5.41, 5.74) is 6.14. The molecule has 0 saturated carbocycles. The first-order chi connectivity index (χ1) is 8.26. The van der Waals surface area contributed by atoms with Gasteiger partial charge in [0.05, 0.1) is 0 Å². The van der Waals surface area contributed by atoms with Crippen molar-refractivity contribution in [3.63, 3.8) is 0 Å². The first kappa shape index (κ1) is 13.7. The summed E-state index contributed by atoms with van der Waals surface area (Å²) in [5.74, 6) is 0.577. The van der Waals surface area contributed by atoms with Crippen molar-refractivity contribution < 1.29 is 0 Å². The highest BCUT2D eigenvalue weighted by Crippen LogP contribution is 2.01. The number of nitrogens with one attached hydrogen (secondary N) is 2. The zero-order chi connectivity index (χ0) is 12.5. The van der Waals surface area contributed by atoms with Gasteiger partial charge in [-0.1, -0.05) is 19.8 Å². The van der Waals surface area contributed by atoms with Crippen LogP contribution >= 0.6 is 0 Å². The summed E-state index contributed by atoms with van der Waals surface area (Å²) in [7, 11) is 0. The maximum atomic E-state index is 11.3. The molecule has 0 aliphatic rings. The van der Waals surface area contributed by atoms with Crippen LogP contribution in [0, 0.1) is 0 Å². The number of anilines is 1. The van der Waals surface area contributed by atoms with Crippen LogP contribution in [0.25, 0.3) is 0 Å². The molecule has 0 fully saturated rings.